The van der Waals surface area contributed by atoms with Gasteiger partial charge in [0.15, 0.2) is 0 Å². The monoisotopic (exact) mass is 432 g/mol. The van der Waals surface area contributed by atoms with Crippen LogP contribution in [-0.2, 0) is 22.6 Å². The first kappa shape index (κ1) is 25.4. The second kappa shape index (κ2) is 14.3. The molecule has 2 saturated heterocycles. The standard InChI is InChI=1S/C12H16FNO.C12H17NO2.CH4/c13-8-12-10-15-7-6-14(12)9-11-4-2-1-3-5-11;14-9-12-10-15-7-6-13(12)8-11-4-2-1-3-5-11;/h1-5,12H,6-10H2;1-5,12,14H,6-10H2;1H4/t2*12-;/m11./s1. The van der Waals surface area contributed by atoms with Gasteiger partial charge in [-0.05, 0) is 11.1 Å². The van der Waals surface area contributed by atoms with Crippen molar-refractivity contribution in [2.45, 2.75) is 32.6 Å². The minimum absolute atomic E-state index is 0. The molecule has 4 rings (SSSR count). The summed E-state index contributed by atoms with van der Waals surface area (Å²) in [4.78, 5) is 4.43. The van der Waals surface area contributed by atoms with Crippen LogP contribution in [0.15, 0.2) is 60.7 Å². The molecule has 1 N–H and O–H groups in total. The van der Waals surface area contributed by atoms with E-state index in [1.54, 1.807) is 0 Å². The molecule has 2 fully saturated rings. The Kier molecular flexibility index (Phi) is 11.7. The van der Waals surface area contributed by atoms with Crippen LogP contribution >= 0.6 is 0 Å². The van der Waals surface area contributed by atoms with Gasteiger partial charge in [0.25, 0.3) is 0 Å². The number of alkyl halides is 1. The number of aliphatic hydroxyl groups is 1. The Morgan fingerprint density at radius 1 is 0.774 bits per heavy atom. The second-order valence-corrected chi connectivity index (χ2v) is 7.71. The number of morpholine rings is 2. The lowest BCUT2D eigenvalue weighted by atomic mass is 10.1. The minimum atomic E-state index is -0.327. The fraction of sp³-hybridized carbons (Fsp3) is 0.520. The molecule has 0 radical (unpaired) electrons. The zero-order chi connectivity index (χ0) is 21.0. The van der Waals surface area contributed by atoms with Crippen LogP contribution in [0.25, 0.3) is 0 Å². The number of halogens is 1. The molecule has 2 aliphatic heterocycles. The van der Waals surface area contributed by atoms with E-state index in [-0.39, 0.29) is 32.8 Å². The van der Waals surface area contributed by atoms with Crippen molar-refractivity contribution < 1.29 is 19.0 Å². The van der Waals surface area contributed by atoms with E-state index in [1.165, 1.54) is 11.1 Å². The van der Waals surface area contributed by atoms with Crippen LogP contribution in [0.2, 0.25) is 0 Å². The number of aliphatic hydroxyl groups excluding tert-OH is 1. The molecule has 6 heteroatoms. The van der Waals surface area contributed by atoms with E-state index < -0.39 is 0 Å². The summed E-state index contributed by atoms with van der Waals surface area (Å²) in [5.41, 5.74) is 2.52. The molecule has 2 aromatic carbocycles. The summed E-state index contributed by atoms with van der Waals surface area (Å²) in [7, 11) is 0. The molecule has 2 atom stereocenters. The van der Waals surface area contributed by atoms with Crippen molar-refractivity contribution in [3.05, 3.63) is 71.8 Å². The summed E-state index contributed by atoms with van der Waals surface area (Å²) in [6.45, 7) is 5.93. The van der Waals surface area contributed by atoms with Crippen LogP contribution in [0.5, 0.6) is 0 Å². The fourth-order valence-electron chi connectivity index (χ4n) is 3.74. The topological polar surface area (TPSA) is 45.2 Å². The molecule has 2 heterocycles. The quantitative estimate of drug-likeness (QED) is 0.758. The summed E-state index contributed by atoms with van der Waals surface area (Å²) in [6, 6.07) is 20.6. The largest absolute Gasteiger partial charge is 0.395 e. The van der Waals surface area contributed by atoms with Gasteiger partial charge in [0, 0.05) is 26.2 Å². The van der Waals surface area contributed by atoms with E-state index in [4.69, 9.17) is 9.47 Å². The van der Waals surface area contributed by atoms with Gasteiger partial charge >= 0.3 is 0 Å². The first-order chi connectivity index (χ1) is 14.8. The molecule has 0 saturated carbocycles. The number of nitrogens with zero attached hydrogens (tertiary/aromatic N) is 2. The van der Waals surface area contributed by atoms with Gasteiger partial charge in [-0.25, -0.2) is 4.39 Å². The number of rotatable bonds is 6. The first-order valence-corrected chi connectivity index (χ1v) is 10.7. The number of hydrogen-bond acceptors (Lipinski definition) is 5. The second-order valence-electron chi connectivity index (χ2n) is 7.71. The van der Waals surface area contributed by atoms with Gasteiger partial charge in [-0.15, -0.1) is 0 Å². The molecule has 0 amide bonds. The maximum atomic E-state index is 12.7. The number of benzene rings is 2. The fourth-order valence-corrected chi connectivity index (χ4v) is 3.74. The van der Waals surface area contributed by atoms with Gasteiger partial charge in [0.2, 0.25) is 0 Å². The third-order valence-corrected chi connectivity index (χ3v) is 5.54. The zero-order valence-corrected chi connectivity index (χ0v) is 17.5. The Bertz CT molecular complexity index is 643. The highest BCUT2D eigenvalue weighted by Crippen LogP contribution is 2.13. The lowest BCUT2D eigenvalue weighted by Gasteiger charge is -2.34. The summed E-state index contributed by atoms with van der Waals surface area (Å²) < 4.78 is 23.3. The van der Waals surface area contributed by atoms with E-state index in [1.807, 2.05) is 36.4 Å². The summed E-state index contributed by atoms with van der Waals surface area (Å²) in [5.74, 6) is 0. The lowest BCUT2D eigenvalue weighted by molar-refractivity contribution is -0.0312. The Morgan fingerprint density at radius 2 is 1.23 bits per heavy atom. The van der Waals surface area contributed by atoms with Crippen molar-refractivity contribution in [3.63, 3.8) is 0 Å². The van der Waals surface area contributed by atoms with Gasteiger partial charge in [0.05, 0.1) is 45.1 Å². The van der Waals surface area contributed by atoms with Crippen molar-refractivity contribution in [1.82, 2.24) is 9.80 Å². The third kappa shape index (κ3) is 8.31. The molecule has 2 aromatic rings. The average Bonchev–Trinajstić information content (AvgIpc) is 2.82. The van der Waals surface area contributed by atoms with Gasteiger partial charge in [0.1, 0.15) is 6.67 Å². The van der Waals surface area contributed by atoms with Gasteiger partial charge < -0.3 is 14.6 Å². The maximum absolute atomic E-state index is 12.7. The molecular weight excluding hydrogens is 395 g/mol. The highest BCUT2D eigenvalue weighted by atomic mass is 19.1. The summed E-state index contributed by atoms with van der Waals surface area (Å²) in [5, 5.41) is 9.22. The van der Waals surface area contributed by atoms with Crippen molar-refractivity contribution in [2.75, 3.05) is 52.8 Å². The molecule has 0 aliphatic carbocycles. The Balaban J connectivity index is 0.000000213. The van der Waals surface area contributed by atoms with Crippen molar-refractivity contribution in [3.8, 4) is 0 Å². The summed E-state index contributed by atoms with van der Waals surface area (Å²) in [6.07, 6.45) is 0. The van der Waals surface area contributed by atoms with Crippen molar-refractivity contribution in [1.29, 1.82) is 0 Å². The number of ether oxygens (including phenoxy) is 2. The Hall–Kier alpha value is -1.83. The van der Waals surface area contributed by atoms with Crippen molar-refractivity contribution in [2.24, 2.45) is 0 Å². The van der Waals surface area contributed by atoms with Crippen LogP contribution in [0.1, 0.15) is 18.6 Å². The van der Waals surface area contributed by atoms with E-state index in [2.05, 4.69) is 34.1 Å². The molecule has 0 aromatic heterocycles. The molecule has 5 nitrogen and oxygen atoms in total. The van der Waals surface area contributed by atoms with Gasteiger partial charge in [-0.2, -0.15) is 0 Å². The van der Waals surface area contributed by atoms with Gasteiger partial charge in [-0.3, -0.25) is 9.80 Å². The van der Waals surface area contributed by atoms with E-state index in [9.17, 15) is 9.50 Å². The Morgan fingerprint density at radius 3 is 1.68 bits per heavy atom. The molecular formula is C25H37FN2O3. The van der Waals surface area contributed by atoms with E-state index in [0.717, 1.165) is 32.8 Å². The number of hydrogen-bond donors (Lipinski definition) is 1. The SMILES string of the molecule is C.FC[C@@H]1COCCN1Cc1ccccc1.OC[C@@H]1COCCN1Cc1ccccc1. The maximum Gasteiger partial charge on any atom is 0.107 e. The lowest BCUT2D eigenvalue weighted by Crippen LogP contribution is -2.46. The minimum Gasteiger partial charge on any atom is -0.395 e. The highest BCUT2D eigenvalue weighted by Gasteiger charge is 2.23. The highest BCUT2D eigenvalue weighted by molar-refractivity contribution is 5.15. The Labute approximate surface area is 186 Å². The first-order valence-electron chi connectivity index (χ1n) is 10.7. The van der Waals surface area contributed by atoms with Crippen LogP contribution in [0.4, 0.5) is 4.39 Å². The molecule has 2 aliphatic rings. The molecule has 0 unspecified atom stereocenters. The van der Waals surface area contributed by atoms with Gasteiger partial charge in [-0.1, -0.05) is 68.1 Å². The zero-order valence-electron chi connectivity index (χ0n) is 17.5. The average molecular weight is 433 g/mol. The predicted octanol–water partition coefficient (Wildman–Crippen LogP) is 3.37. The molecule has 172 valence electrons. The summed E-state index contributed by atoms with van der Waals surface area (Å²) >= 11 is 0. The van der Waals surface area contributed by atoms with Crippen LogP contribution < -0.4 is 0 Å². The molecule has 0 spiro atoms. The smallest absolute Gasteiger partial charge is 0.107 e. The van der Waals surface area contributed by atoms with Crippen LogP contribution in [0, 0.1) is 0 Å². The van der Waals surface area contributed by atoms with Crippen molar-refractivity contribution >= 4 is 0 Å². The molecule has 31 heavy (non-hydrogen) atoms. The van der Waals surface area contributed by atoms with Crippen LogP contribution in [0.3, 0.4) is 0 Å². The van der Waals surface area contributed by atoms with Crippen LogP contribution in [-0.4, -0.2) is 79.8 Å². The van der Waals surface area contributed by atoms with E-state index >= 15 is 0 Å². The normalized spacial score (nSPS) is 22.1. The molecule has 0 bridgehead atoms. The van der Waals surface area contributed by atoms with E-state index in [0.29, 0.717) is 19.8 Å². The predicted molar refractivity (Wildman–Crippen MR) is 123 cm³/mol. The third-order valence-electron chi connectivity index (χ3n) is 5.54.